The molecule has 2 unspecified atom stereocenters. The highest BCUT2D eigenvalue weighted by atomic mass is 15.2. The predicted molar refractivity (Wildman–Crippen MR) is 76.8 cm³/mol. The molecule has 104 valence electrons. The first-order valence-corrected chi connectivity index (χ1v) is 8.24. The fraction of sp³-hybridized carbons (Fsp3) is 1.00. The topological polar surface area (TPSA) is 15.3 Å². The molecule has 3 rings (SSSR count). The second-order valence-electron chi connectivity index (χ2n) is 7.25. The summed E-state index contributed by atoms with van der Waals surface area (Å²) in [5, 5.41) is 3.95. The van der Waals surface area contributed by atoms with Gasteiger partial charge in [0.1, 0.15) is 0 Å². The van der Waals surface area contributed by atoms with Gasteiger partial charge in [-0.05, 0) is 44.1 Å². The lowest BCUT2D eigenvalue weighted by atomic mass is 9.75. The van der Waals surface area contributed by atoms with Crippen molar-refractivity contribution in [2.75, 3.05) is 19.6 Å². The van der Waals surface area contributed by atoms with Gasteiger partial charge in [-0.25, -0.2) is 0 Å². The van der Waals surface area contributed by atoms with E-state index in [4.69, 9.17) is 0 Å². The van der Waals surface area contributed by atoms with Crippen molar-refractivity contribution in [1.29, 1.82) is 0 Å². The number of piperidine rings is 1. The maximum atomic E-state index is 3.95. The first kappa shape index (κ1) is 12.9. The van der Waals surface area contributed by atoms with E-state index < -0.39 is 0 Å². The summed E-state index contributed by atoms with van der Waals surface area (Å²) >= 11 is 0. The third kappa shape index (κ3) is 2.75. The smallest absolute Gasteiger partial charge is 0.0249 e. The summed E-state index contributed by atoms with van der Waals surface area (Å²) < 4.78 is 0. The molecular weight excluding hydrogens is 220 g/mol. The van der Waals surface area contributed by atoms with Gasteiger partial charge in [-0.15, -0.1) is 0 Å². The highest BCUT2D eigenvalue weighted by Gasteiger charge is 2.36. The van der Waals surface area contributed by atoms with Gasteiger partial charge in [0.15, 0.2) is 0 Å². The lowest BCUT2D eigenvalue weighted by molar-refractivity contribution is 0.161. The van der Waals surface area contributed by atoms with E-state index in [0.29, 0.717) is 5.41 Å². The van der Waals surface area contributed by atoms with E-state index in [1.165, 1.54) is 77.4 Å². The number of nitrogens with one attached hydrogen (secondary N) is 1. The van der Waals surface area contributed by atoms with Crippen molar-refractivity contribution in [3.8, 4) is 0 Å². The molecule has 0 aromatic carbocycles. The predicted octanol–water partition coefficient (Wildman–Crippen LogP) is 3.17. The molecule has 1 aliphatic carbocycles. The minimum atomic E-state index is 0.598. The van der Waals surface area contributed by atoms with Crippen molar-refractivity contribution in [1.82, 2.24) is 10.2 Å². The molecule has 2 aliphatic heterocycles. The number of rotatable bonds is 3. The number of hydrogen-bond acceptors (Lipinski definition) is 2. The average molecular weight is 250 g/mol. The molecule has 1 N–H and O–H groups in total. The van der Waals surface area contributed by atoms with Gasteiger partial charge in [0.2, 0.25) is 0 Å². The van der Waals surface area contributed by atoms with E-state index in [1.54, 1.807) is 0 Å². The third-order valence-corrected chi connectivity index (χ3v) is 5.71. The lowest BCUT2D eigenvalue weighted by Gasteiger charge is -2.37. The molecule has 2 saturated heterocycles. The van der Waals surface area contributed by atoms with Crippen LogP contribution in [0.25, 0.3) is 0 Å². The molecule has 0 aromatic rings. The Labute approximate surface area is 113 Å². The molecular formula is C16H30N2. The minimum absolute atomic E-state index is 0.598. The number of hydrogen-bond donors (Lipinski definition) is 1. The van der Waals surface area contributed by atoms with Crippen molar-refractivity contribution >= 4 is 0 Å². The van der Waals surface area contributed by atoms with Crippen molar-refractivity contribution in [2.24, 2.45) is 5.41 Å². The van der Waals surface area contributed by atoms with E-state index in [-0.39, 0.29) is 0 Å². The van der Waals surface area contributed by atoms with Crippen LogP contribution in [0.1, 0.15) is 64.7 Å². The van der Waals surface area contributed by atoms with Crippen molar-refractivity contribution in [2.45, 2.75) is 76.8 Å². The Morgan fingerprint density at radius 2 is 1.83 bits per heavy atom. The molecule has 2 nitrogen and oxygen atoms in total. The second kappa shape index (κ2) is 5.50. The zero-order valence-corrected chi connectivity index (χ0v) is 12.1. The SMILES string of the molecule is CC1(CNC2CCN3CCCCC23)CCCCC1. The molecule has 18 heavy (non-hydrogen) atoms. The Kier molecular flexibility index (Phi) is 3.95. The van der Waals surface area contributed by atoms with Gasteiger partial charge >= 0.3 is 0 Å². The van der Waals surface area contributed by atoms with E-state index in [9.17, 15) is 0 Å². The van der Waals surface area contributed by atoms with Gasteiger partial charge in [0, 0.05) is 25.2 Å². The summed E-state index contributed by atoms with van der Waals surface area (Å²) in [6, 6.07) is 1.66. The number of fused-ring (bicyclic) bond motifs is 1. The molecule has 0 aromatic heterocycles. The molecule has 2 heterocycles. The van der Waals surface area contributed by atoms with E-state index in [2.05, 4.69) is 17.1 Å². The van der Waals surface area contributed by atoms with Crippen molar-refractivity contribution < 1.29 is 0 Å². The Bertz CT molecular complexity index is 270. The summed E-state index contributed by atoms with van der Waals surface area (Å²) in [4.78, 5) is 2.74. The molecule has 0 radical (unpaired) electrons. The fourth-order valence-electron chi connectivity index (χ4n) is 4.45. The zero-order valence-electron chi connectivity index (χ0n) is 12.1. The molecule has 2 atom stereocenters. The number of nitrogens with zero attached hydrogens (tertiary/aromatic N) is 1. The second-order valence-corrected chi connectivity index (χ2v) is 7.25. The first-order chi connectivity index (χ1) is 8.77. The van der Waals surface area contributed by atoms with Crippen molar-refractivity contribution in [3.63, 3.8) is 0 Å². The highest BCUT2D eigenvalue weighted by molar-refractivity contribution is 4.95. The van der Waals surface area contributed by atoms with E-state index in [1.807, 2.05) is 0 Å². The molecule has 0 amide bonds. The van der Waals surface area contributed by atoms with Gasteiger partial charge in [-0.3, -0.25) is 4.90 Å². The quantitative estimate of drug-likeness (QED) is 0.827. The Balaban J connectivity index is 1.50. The monoisotopic (exact) mass is 250 g/mol. The molecule has 0 bridgehead atoms. The molecule has 2 heteroatoms. The van der Waals surface area contributed by atoms with Crippen LogP contribution in [0.5, 0.6) is 0 Å². The molecule has 3 aliphatic rings. The third-order valence-electron chi connectivity index (χ3n) is 5.71. The van der Waals surface area contributed by atoms with Crippen LogP contribution in [-0.4, -0.2) is 36.6 Å². The minimum Gasteiger partial charge on any atom is -0.312 e. The van der Waals surface area contributed by atoms with Crippen molar-refractivity contribution in [3.05, 3.63) is 0 Å². The maximum absolute atomic E-state index is 3.95. The van der Waals surface area contributed by atoms with Gasteiger partial charge in [0.25, 0.3) is 0 Å². The zero-order chi connectivity index (χ0) is 12.4. The fourth-order valence-corrected chi connectivity index (χ4v) is 4.45. The van der Waals surface area contributed by atoms with Crippen LogP contribution in [0, 0.1) is 5.41 Å². The summed E-state index contributed by atoms with van der Waals surface area (Å²) in [7, 11) is 0. The summed E-state index contributed by atoms with van der Waals surface area (Å²) in [6.07, 6.45) is 13.0. The molecule has 0 spiro atoms. The standard InChI is InChI=1S/C16H30N2/c1-16(9-4-2-5-10-16)13-17-14-8-12-18-11-6-3-7-15(14)18/h14-15,17H,2-13H2,1H3. The Morgan fingerprint density at radius 1 is 1.00 bits per heavy atom. The lowest BCUT2D eigenvalue weighted by Crippen LogP contribution is -2.47. The van der Waals surface area contributed by atoms with Crippen LogP contribution in [0.3, 0.4) is 0 Å². The van der Waals surface area contributed by atoms with Crippen LogP contribution in [0.15, 0.2) is 0 Å². The summed E-state index contributed by atoms with van der Waals surface area (Å²) in [6.45, 7) is 6.48. The van der Waals surface area contributed by atoms with Crippen LogP contribution < -0.4 is 5.32 Å². The Morgan fingerprint density at radius 3 is 2.67 bits per heavy atom. The van der Waals surface area contributed by atoms with Crippen LogP contribution in [-0.2, 0) is 0 Å². The maximum Gasteiger partial charge on any atom is 0.0249 e. The largest absolute Gasteiger partial charge is 0.312 e. The molecule has 3 fully saturated rings. The van der Waals surface area contributed by atoms with Gasteiger partial charge in [-0.1, -0.05) is 32.6 Å². The van der Waals surface area contributed by atoms with E-state index >= 15 is 0 Å². The Hall–Kier alpha value is -0.0800. The molecule has 1 saturated carbocycles. The average Bonchev–Trinajstić information content (AvgIpc) is 2.81. The van der Waals surface area contributed by atoms with E-state index in [0.717, 1.165) is 12.1 Å². The van der Waals surface area contributed by atoms with Crippen LogP contribution in [0.2, 0.25) is 0 Å². The van der Waals surface area contributed by atoms with Crippen LogP contribution in [0.4, 0.5) is 0 Å². The van der Waals surface area contributed by atoms with Gasteiger partial charge in [0.05, 0.1) is 0 Å². The summed E-state index contributed by atoms with van der Waals surface area (Å²) in [5.74, 6) is 0. The first-order valence-electron chi connectivity index (χ1n) is 8.24. The van der Waals surface area contributed by atoms with Gasteiger partial charge in [-0.2, -0.15) is 0 Å². The summed E-state index contributed by atoms with van der Waals surface area (Å²) in [5.41, 5.74) is 0.598. The highest BCUT2D eigenvalue weighted by Crippen LogP contribution is 2.36. The van der Waals surface area contributed by atoms with Crippen LogP contribution >= 0.6 is 0 Å². The normalized spacial score (nSPS) is 36.5. The van der Waals surface area contributed by atoms with Gasteiger partial charge < -0.3 is 5.32 Å².